The SMILES string of the molecule is CC(=O)NC(CCN(C[C@]1(C)CCC[C@]2(C)c3ccc(C(C)C)cc3CCC12)C(C)=O)c1ccc(F)cc1. The molecule has 2 amide bonds. The van der Waals surface area contributed by atoms with Crippen molar-refractivity contribution in [1.82, 2.24) is 10.2 Å². The summed E-state index contributed by atoms with van der Waals surface area (Å²) in [5, 5.41) is 3.00. The molecule has 2 aromatic rings. The number of carbonyl (C=O) groups excluding carboxylic acids is 2. The molecule has 1 N–H and O–H groups in total. The van der Waals surface area contributed by atoms with E-state index >= 15 is 0 Å². The van der Waals surface area contributed by atoms with E-state index in [9.17, 15) is 14.0 Å². The minimum atomic E-state index is -0.302. The van der Waals surface area contributed by atoms with Crippen LogP contribution in [0.15, 0.2) is 42.5 Å². The van der Waals surface area contributed by atoms with Crippen LogP contribution in [0, 0.1) is 17.2 Å². The van der Waals surface area contributed by atoms with Crippen molar-refractivity contribution in [1.29, 1.82) is 0 Å². The molecular formula is C33H45FN2O2. The van der Waals surface area contributed by atoms with Crippen LogP contribution in [0.3, 0.4) is 0 Å². The topological polar surface area (TPSA) is 49.4 Å². The van der Waals surface area contributed by atoms with Crippen LogP contribution >= 0.6 is 0 Å². The van der Waals surface area contributed by atoms with E-state index in [1.54, 1.807) is 19.1 Å². The van der Waals surface area contributed by atoms with E-state index in [0.717, 1.165) is 37.8 Å². The Morgan fingerprint density at radius 2 is 1.74 bits per heavy atom. The zero-order valence-corrected chi connectivity index (χ0v) is 24.1. The third-order valence-electron chi connectivity index (χ3n) is 9.50. The van der Waals surface area contributed by atoms with Gasteiger partial charge in [-0.2, -0.15) is 0 Å². The average molecular weight is 521 g/mol. The summed E-state index contributed by atoms with van der Waals surface area (Å²) in [6.45, 7) is 13.8. The second kappa shape index (κ2) is 11.2. The van der Waals surface area contributed by atoms with Gasteiger partial charge in [-0.1, -0.05) is 64.4 Å². The molecule has 0 saturated heterocycles. The van der Waals surface area contributed by atoms with Gasteiger partial charge < -0.3 is 10.2 Å². The first-order valence-electron chi connectivity index (χ1n) is 14.3. The van der Waals surface area contributed by atoms with Crippen molar-refractivity contribution in [3.05, 3.63) is 70.5 Å². The number of carbonyl (C=O) groups is 2. The second-order valence-corrected chi connectivity index (χ2v) is 12.6. The Morgan fingerprint density at radius 3 is 2.37 bits per heavy atom. The maximum Gasteiger partial charge on any atom is 0.219 e. The van der Waals surface area contributed by atoms with Gasteiger partial charge in [-0.3, -0.25) is 9.59 Å². The highest BCUT2D eigenvalue weighted by atomic mass is 19.1. The molecule has 0 aromatic heterocycles. The molecule has 4 atom stereocenters. The zero-order valence-electron chi connectivity index (χ0n) is 24.1. The van der Waals surface area contributed by atoms with Crippen molar-refractivity contribution >= 4 is 11.8 Å². The summed E-state index contributed by atoms with van der Waals surface area (Å²) in [7, 11) is 0. The molecule has 0 radical (unpaired) electrons. The highest BCUT2D eigenvalue weighted by molar-refractivity contribution is 5.74. The second-order valence-electron chi connectivity index (χ2n) is 12.6. The molecule has 0 heterocycles. The van der Waals surface area contributed by atoms with Gasteiger partial charge in [-0.05, 0) is 89.2 Å². The van der Waals surface area contributed by atoms with Crippen molar-refractivity contribution in [3.8, 4) is 0 Å². The van der Waals surface area contributed by atoms with Crippen molar-refractivity contribution in [2.75, 3.05) is 13.1 Å². The zero-order chi connectivity index (χ0) is 27.7. The van der Waals surface area contributed by atoms with Crippen molar-refractivity contribution in [2.45, 2.75) is 97.4 Å². The maximum absolute atomic E-state index is 13.5. The van der Waals surface area contributed by atoms with Gasteiger partial charge in [-0.25, -0.2) is 4.39 Å². The molecule has 1 fully saturated rings. The Labute approximate surface area is 228 Å². The summed E-state index contributed by atoms with van der Waals surface area (Å²) < 4.78 is 13.5. The van der Waals surface area contributed by atoms with Gasteiger partial charge in [0.05, 0.1) is 6.04 Å². The predicted octanol–water partition coefficient (Wildman–Crippen LogP) is 7.08. The van der Waals surface area contributed by atoms with E-state index in [1.807, 2.05) is 4.90 Å². The molecule has 2 aliphatic carbocycles. The highest BCUT2D eigenvalue weighted by Crippen LogP contribution is 2.57. The Balaban J connectivity index is 1.54. The molecule has 2 aromatic carbocycles. The highest BCUT2D eigenvalue weighted by Gasteiger charge is 2.52. The van der Waals surface area contributed by atoms with Crippen LogP contribution in [0.2, 0.25) is 0 Å². The molecule has 4 nitrogen and oxygen atoms in total. The first-order valence-corrected chi connectivity index (χ1v) is 14.3. The molecule has 38 heavy (non-hydrogen) atoms. The first kappa shape index (κ1) is 28.3. The molecule has 2 aliphatic rings. The lowest BCUT2D eigenvalue weighted by Crippen LogP contribution is -2.54. The fourth-order valence-corrected chi connectivity index (χ4v) is 7.52. The maximum atomic E-state index is 13.5. The van der Waals surface area contributed by atoms with E-state index in [0.29, 0.717) is 24.8 Å². The van der Waals surface area contributed by atoms with Crippen molar-refractivity contribution in [2.24, 2.45) is 11.3 Å². The van der Waals surface area contributed by atoms with Gasteiger partial charge in [0.25, 0.3) is 0 Å². The summed E-state index contributed by atoms with van der Waals surface area (Å²) in [4.78, 5) is 26.8. The van der Waals surface area contributed by atoms with Crippen molar-refractivity contribution < 1.29 is 14.0 Å². The standard InChI is InChI=1S/C33H45FN2O2/c1-22(2)26-10-14-29-27(20-26)11-15-31-32(5,17-7-18-33(29,31)6)21-36(24(4)38)19-16-30(35-23(3)37)25-8-12-28(34)13-9-25/h8-10,12-14,20,22,30-31H,7,11,15-19,21H2,1-6H3,(H,35,37)/t30?,31?,32-,33+/m0/s1. The lowest BCUT2D eigenvalue weighted by Gasteiger charge is -2.56. The fourth-order valence-electron chi connectivity index (χ4n) is 7.52. The number of fused-ring (bicyclic) bond motifs is 3. The van der Waals surface area contributed by atoms with E-state index in [2.05, 4.69) is 51.2 Å². The van der Waals surface area contributed by atoms with Gasteiger partial charge in [0.2, 0.25) is 11.8 Å². The molecule has 4 rings (SSSR count). The smallest absolute Gasteiger partial charge is 0.219 e. The van der Waals surface area contributed by atoms with E-state index in [4.69, 9.17) is 0 Å². The Bertz CT molecular complexity index is 1160. The van der Waals surface area contributed by atoms with Crippen LogP contribution in [0.1, 0.15) is 108 Å². The molecule has 206 valence electrons. The number of aryl methyl sites for hydroxylation is 1. The normalized spacial score (nSPS) is 25.3. The van der Waals surface area contributed by atoms with Gasteiger partial charge in [-0.15, -0.1) is 0 Å². The van der Waals surface area contributed by atoms with Crippen molar-refractivity contribution in [3.63, 3.8) is 0 Å². The molecule has 0 bridgehead atoms. The monoisotopic (exact) mass is 520 g/mol. The summed E-state index contributed by atoms with van der Waals surface area (Å²) in [5.74, 6) is 0.666. The lowest BCUT2D eigenvalue weighted by atomic mass is 9.49. The average Bonchev–Trinajstić information content (AvgIpc) is 2.85. The number of hydrogen-bond donors (Lipinski definition) is 1. The van der Waals surface area contributed by atoms with E-state index in [-0.39, 0.29) is 34.5 Å². The van der Waals surface area contributed by atoms with E-state index < -0.39 is 0 Å². The number of rotatable bonds is 8. The largest absolute Gasteiger partial charge is 0.349 e. The summed E-state index contributed by atoms with van der Waals surface area (Å²) in [5.41, 5.74) is 5.44. The molecule has 5 heteroatoms. The van der Waals surface area contributed by atoms with Crippen LogP contribution in [0.4, 0.5) is 4.39 Å². The number of amides is 2. The van der Waals surface area contributed by atoms with Gasteiger partial charge in [0, 0.05) is 26.9 Å². The molecule has 0 spiro atoms. The summed E-state index contributed by atoms with van der Waals surface area (Å²) in [6, 6.07) is 13.2. The first-order chi connectivity index (χ1) is 17.9. The fraction of sp³-hybridized carbons (Fsp3) is 0.576. The lowest BCUT2D eigenvalue weighted by molar-refractivity contribution is -0.132. The van der Waals surface area contributed by atoms with Gasteiger partial charge in [0.1, 0.15) is 5.82 Å². The molecule has 0 aliphatic heterocycles. The van der Waals surface area contributed by atoms with Gasteiger partial charge >= 0.3 is 0 Å². The molecule has 2 unspecified atom stereocenters. The Hall–Kier alpha value is -2.69. The molecule has 1 saturated carbocycles. The van der Waals surface area contributed by atoms with Crippen LogP contribution in [-0.4, -0.2) is 29.8 Å². The minimum Gasteiger partial charge on any atom is -0.349 e. The number of halogens is 1. The van der Waals surface area contributed by atoms with Crippen LogP contribution in [0.25, 0.3) is 0 Å². The number of benzene rings is 2. The number of hydrogen-bond acceptors (Lipinski definition) is 2. The van der Waals surface area contributed by atoms with Gasteiger partial charge in [0.15, 0.2) is 0 Å². The quantitative estimate of drug-likeness (QED) is 0.404. The summed E-state index contributed by atoms with van der Waals surface area (Å²) >= 11 is 0. The predicted molar refractivity (Wildman–Crippen MR) is 151 cm³/mol. The van der Waals surface area contributed by atoms with Crippen LogP contribution in [0.5, 0.6) is 0 Å². The number of nitrogens with zero attached hydrogens (tertiary/aromatic N) is 1. The number of nitrogens with one attached hydrogen (secondary N) is 1. The van der Waals surface area contributed by atoms with E-state index in [1.165, 1.54) is 42.2 Å². The molecular weight excluding hydrogens is 475 g/mol. The third-order valence-corrected chi connectivity index (χ3v) is 9.50. The van der Waals surface area contributed by atoms with Crippen LogP contribution < -0.4 is 5.32 Å². The van der Waals surface area contributed by atoms with Crippen LogP contribution in [-0.2, 0) is 21.4 Å². The Morgan fingerprint density at radius 1 is 1.05 bits per heavy atom. The third kappa shape index (κ3) is 5.82. The summed E-state index contributed by atoms with van der Waals surface area (Å²) in [6.07, 6.45) is 6.30. The Kier molecular flexibility index (Phi) is 8.34. The minimum absolute atomic E-state index is 0.0203.